The van der Waals surface area contributed by atoms with Gasteiger partial charge in [0.15, 0.2) is 9.84 Å². The highest BCUT2D eigenvalue weighted by atomic mass is 32.2. The van der Waals surface area contributed by atoms with E-state index in [0.717, 1.165) is 29.7 Å². The molecular weight excluding hydrogens is 745 g/mol. The fraction of sp³-hybridized carbons (Fsp3) is 0.583. The number of carboxylic acid groups (broad SMARTS) is 1. The molecular formula is C36H50F5N3O9S. The van der Waals surface area contributed by atoms with Crippen molar-refractivity contribution in [3.63, 3.8) is 0 Å². The van der Waals surface area contributed by atoms with Gasteiger partial charge in [-0.15, -0.1) is 0 Å². The maximum atomic E-state index is 14.1. The zero-order chi connectivity index (χ0) is 40.5. The Morgan fingerprint density at radius 3 is 2.11 bits per heavy atom. The third kappa shape index (κ3) is 16.7. The maximum Gasteiger partial charge on any atom is 0.490 e. The lowest BCUT2D eigenvalue weighted by atomic mass is 10.00. The molecule has 2 aromatic rings. The molecule has 1 saturated heterocycles. The lowest BCUT2D eigenvalue weighted by Crippen LogP contribution is -2.57. The molecule has 5 N–H and O–H groups in total. The quantitative estimate of drug-likeness (QED) is 0.126. The predicted octanol–water partition coefficient (Wildman–Crippen LogP) is 4.61. The number of alkyl halides is 3. The zero-order valence-electron chi connectivity index (χ0n) is 30.5. The fourth-order valence-corrected chi connectivity index (χ4v) is 7.81. The van der Waals surface area contributed by atoms with Crippen LogP contribution < -0.4 is 16.0 Å². The number of sulfone groups is 1. The first kappa shape index (κ1) is 46.3. The second kappa shape index (κ2) is 22.5. The van der Waals surface area contributed by atoms with Crippen LogP contribution in [0.5, 0.6) is 0 Å². The van der Waals surface area contributed by atoms with Crippen LogP contribution >= 0.6 is 0 Å². The summed E-state index contributed by atoms with van der Waals surface area (Å²) in [5.74, 6) is -5.97. The summed E-state index contributed by atoms with van der Waals surface area (Å²) in [6.07, 6.45) is -4.67. The number of hydrogen-bond donors (Lipinski definition) is 5. The Labute approximate surface area is 312 Å². The van der Waals surface area contributed by atoms with Gasteiger partial charge in [-0.2, -0.15) is 13.2 Å². The molecule has 0 saturated carbocycles. The molecule has 0 spiro atoms. The van der Waals surface area contributed by atoms with Crippen LogP contribution in [0.2, 0.25) is 0 Å². The Morgan fingerprint density at radius 1 is 0.963 bits per heavy atom. The molecule has 1 heterocycles. The van der Waals surface area contributed by atoms with E-state index in [2.05, 4.69) is 16.0 Å². The van der Waals surface area contributed by atoms with Gasteiger partial charge in [0.1, 0.15) is 23.8 Å². The normalized spacial score (nSPS) is 16.1. The van der Waals surface area contributed by atoms with Gasteiger partial charge in [0.05, 0.1) is 36.4 Å². The summed E-state index contributed by atoms with van der Waals surface area (Å²) in [6.45, 7) is 6.79. The monoisotopic (exact) mass is 795 g/mol. The first-order chi connectivity index (χ1) is 25.4. The van der Waals surface area contributed by atoms with Gasteiger partial charge in [-0.25, -0.2) is 26.8 Å². The van der Waals surface area contributed by atoms with Crippen molar-refractivity contribution in [2.75, 3.05) is 25.5 Å². The van der Waals surface area contributed by atoms with E-state index in [1.54, 1.807) is 0 Å². The highest BCUT2D eigenvalue weighted by Crippen LogP contribution is 2.18. The number of rotatable bonds is 19. The summed E-state index contributed by atoms with van der Waals surface area (Å²) < 4.78 is 97.5. The molecule has 0 aromatic heterocycles. The lowest BCUT2D eigenvalue weighted by molar-refractivity contribution is -0.192. The highest BCUT2D eigenvalue weighted by molar-refractivity contribution is 7.92. The summed E-state index contributed by atoms with van der Waals surface area (Å²) in [6, 6.07) is 8.16. The summed E-state index contributed by atoms with van der Waals surface area (Å²) in [5, 5.41) is 25.9. The topological polar surface area (TPSA) is 180 Å². The molecule has 3 rings (SSSR count). The van der Waals surface area contributed by atoms with Gasteiger partial charge < -0.3 is 35.6 Å². The van der Waals surface area contributed by atoms with Crippen molar-refractivity contribution in [2.45, 2.75) is 108 Å². The van der Waals surface area contributed by atoms with E-state index in [9.17, 15) is 45.1 Å². The Kier molecular flexibility index (Phi) is 19.3. The summed E-state index contributed by atoms with van der Waals surface area (Å²) >= 11 is 0. The number of nitrogens with one attached hydrogen (secondary N) is 3. The number of amides is 2. The number of aliphatic hydroxyl groups excluding tert-OH is 1. The van der Waals surface area contributed by atoms with Crippen molar-refractivity contribution >= 4 is 27.8 Å². The number of alkyl carbamates (subject to hydrolysis) is 1. The number of aliphatic carboxylic acids is 1. The molecule has 12 nitrogen and oxygen atoms in total. The van der Waals surface area contributed by atoms with Crippen molar-refractivity contribution in [3.8, 4) is 0 Å². The van der Waals surface area contributed by atoms with Crippen LogP contribution in [0.15, 0.2) is 42.5 Å². The van der Waals surface area contributed by atoms with Gasteiger partial charge in [0.25, 0.3) is 0 Å². The second-order valence-electron chi connectivity index (χ2n) is 12.9. The van der Waals surface area contributed by atoms with Gasteiger partial charge in [0, 0.05) is 25.6 Å². The summed E-state index contributed by atoms with van der Waals surface area (Å²) in [4.78, 5) is 35.5. The van der Waals surface area contributed by atoms with Gasteiger partial charge in [0.2, 0.25) is 5.91 Å². The zero-order valence-corrected chi connectivity index (χ0v) is 31.3. The van der Waals surface area contributed by atoms with Crippen molar-refractivity contribution in [3.05, 3.63) is 70.8 Å². The number of benzene rings is 2. The van der Waals surface area contributed by atoms with Crippen LogP contribution in [-0.2, 0) is 48.3 Å². The molecule has 2 aromatic carbocycles. The number of carbonyl (C=O) groups excluding carboxylic acids is 2. The van der Waals surface area contributed by atoms with E-state index in [1.165, 1.54) is 0 Å². The maximum absolute atomic E-state index is 14.1. The number of aryl methyl sites for hydroxylation is 1. The number of carboxylic acids is 1. The minimum absolute atomic E-state index is 0.00567. The number of halogens is 5. The van der Waals surface area contributed by atoms with Gasteiger partial charge in [-0.3, -0.25) is 4.79 Å². The van der Waals surface area contributed by atoms with E-state index < -0.39 is 80.9 Å². The molecule has 4 atom stereocenters. The predicted molar refractivity (Wildman–Crippen MR) is 189 cm³/mol. The van der Waals surface area contributed by atoms with Crippen LogP contribution in [0.3, 0.4) is 0 Å². The Morgan fingerprint density at radius 2 is 1.57 bits per heavy atom. The van der Waals surface area contributed by atoms with Crippen molar-refractivity contribution in [2.24, 2.45) is 0 Å². The summed E-state index contributed by atoms with van der Waals surface area (Å²) in [5.41, 5.74) is 2.31. The fourth-order valence-electron chi connectivity index (χ4n) is 5.65. The van der Waals surface area contributed by atoms with Crippen LogP contribution in [-0.4, -0.2) is 97.8 Å². The molecule has 1 unspecified atom stereocenters. The minimum atomic E-state index is -5.08. The van der Waals surface area contributed by atoms with Gasteiger partial charge in [-0.1, -0.05) is 57.9 Å². The van der Waals surface area contributed by atoms with Crippen molar-refractivity contribution in [1.29, 1.82) is 0 Å². The molecule has 54 heavy (non-hydrogen) atoms. The third-order valence-corrected chi connectivity index (χ3v) is 10.7. The molecule has 1 fully saturated rings. The largest absolute Gasteiger partial charge is 0.490 e. The molecule has 2 amide bonds. The van der Waals surface area contributed by atoms with Gasteiger partial charge >= 0.3 is 18.2 Å². The average molecular weight is 796 g/mol. The average Bonchev–Trinajstić information content (AvgIpc) is 3.60. The van der Waals surface area contributed by atoms with Crippen LogP contribution in [0.25, 0.3) is 0 Å². The third-order valence-electron chi connectivity index (χ3n) is 8.39. The first-order valence-electron chi connectivity index (χ1n) is 17.7. The molecule has 1 aliphatic rings. The minimum Gasteiger partial charge on any atom is -0.475 e. The Balaban J connectivity index is 0.00000131. The van der Waals surface area contributed by atoms with Crippen LogP contribution in [0.4, 0.5) is 26.7 Å². The van der Waals surface area contributed by atoms with Crippen LogP contribution in [0, 0.1) is 11.6 Å². The van der Waals surface area contributed by atoms with Crippen LogP contribution in [0.1, 0.15) is 69.6 Å². The van der Waals surface area contributed by atoms with Crippen molar-refractivity contribution < 1.29 is 64.4 Å². The number of ether oxygens (including phenoxy) is 2. The molecule has 0 bridgehead atoms. The second-order valence-corrected chi connectivity index (χ2v) is 15.2. The van der Waals surface area contributed by atoms with Crippen molar-refractivity contribution in [1.82, 2.24) is 16.0 Å². The molecule has 0 aliphatic carbocycles. The number of hydrogen-bond acceptors (Lipinski definition) is 9. The van der Waals surface area contributed by atoms with E-state index in [4.69, 9.17) is 19.4 Å². The molecule has 304 valence electrons. The number of carbonyl (C=O) groups is 3. The Hall–Kier alpha value is -3.87. The highest BCUT2D eigenvalue weighted by Gasteiger charge is 2.38. The SMILES string of the molecule is CCCC(CCC)S(=O)(=O)CC(NC(=O)O[C@H]1CCOC1)C(=O)N[C@@H](Cc1cc(F)cc(F)c1)[C@H](O)CNCc1cccc(CC)c1.O=C(O)C(F)(F)F. The van der Waals surface area contributed by atoms with E-state index in [1.807, 2.05) is 45.0 Å². The Bertz CT molecular complexity index is 1580. The summed E-state index contributed by atoms with van der Waals surface area (Å²) in [7, 11) is -3.87. The molecule has 18 heteroatoms. The number of aliphatic hydroxyl groups is 1. The molecule has 1 aliphatic heterocycles. The van der Waals surface area contributed by atoms with E-state index >= 15 is 0 Å². The van der Waals surface area contributed by atoms with E-state index in [-0.39, 0.29) is 25.1 Å². The standard InChI is InChI=1S/C34H49F2N3O7S.C2HF3O2/c1-4-8-29(9-5-2)47(43,44)22-31(39-34(42)46-28-12-13-45-21-28)33(41)38-30(17-25-15-26(35)18-27(36)16-25)32(40)20-37-19-24-11-7-10-23(6-3)14-24;3-2(4,5)1(6)7/h7,10-11,14-16,18,28-32,37,40H,4-6,8-9,12-13,17,19-22H2,1-3H3,(H,38,41)(H,39,42);(H,6,7)/t28-,30-,31?,32+;/m0./s1. The van der Waals surface area contributed by atoms with Gasteiger partial charge in [-0.05, 0) is 54.5 Å². The first-order valence-corrected chi connectivity index (χ1v) is 19.4. The lowest BCUT2D eigenvalue weighted by Gasteiger charge is -2.28. The van der Waals surface area contributed by atoms with E-state index in [0.29, 0.717) is 51.3 Å². The smallest absolute Gasteiger partial charge is 0.475 e. The molecule has 0 radical (unpaired) electrons.